The first-order valence-corrected chi connectivity index (χ1v) is 8.90. The zero-order chi connectivity index (χ0) is 17.6. The van der Waals surface area contributed by atoms with Crippen LogP contribution in [0.1, 0.15) is 17.0 Å². The Labute approximate surface area is 149 Å². The molecular formula is C19H19N3O2S. The maximum Gasteiger partial charge on any atom is 0.240 e. The van der Waals surface area contributed by atoms with Crippen LogP contribution in [0.4, 0.5) is 0 Å². The highest BCUT2D eigenvalue weighted by Crippen LogP contribution is 2.22. The number of benzene rings is 2. The van der Waals surface area contributed by atoms with E-state index in [0.717, 1.165) is 20.8 Å². The third-order valence-electron chi connectivity index (χ3n) is 3.87. The Morgan fingerprint density at radius 3 is 2.52 bits per heavy atom. The van der Waals surface area contributed by atoms with Gasteiger partial charge in [0.2, 0.25) is 11.8 Å². The second-order valence-electron chi connectivity index (χ2n) is 5.79. The lowest BCUT2D eigenvalue weighted by atomic mass is 10.1. The highest BCUT2D eigenvalue weighted by molar-refractivity contribution is 7.18. The summed E-state index contributed by atoms with van der Waals surface area (Å²) >= 11 is 1.58. The fourth-order valence-corrected chi connectivity index (χ4v) is 3.55. The molecule has 2 aromatic carbocycles. The van der Waals surface area contributed by atoms with Crippen molar-refractivity contribution in [3.63, 3.8) is 0 Å². The van der Waals surface area contributed by atoms with Crippen molar-refractivity contribution < 1.29 is 9.59 Å². The fourth-order valence-electron chi connectivity index (χ4n) is 2.59. The molecule has 0 fully saturated rings. The topological polar surface area (TPSA) is 85.1 Å². The number of primary amides is 1. The van der Waals surface area contributed by atoms with Gasteiger partial charge in [0.05, 0.1) is 15.2 Å². The molecule has 3 rings (SSSR count). The lowest BCUT2D eigenvalue weighted by Crippen LogP contribution is -2.45. The van der Waals surface area contributed by atoms with E-state index in [-0.39, 0.29) is 12.3 Å². The van der Waals surface area contributed by atoms with E-state index in [0.29, 0.717) is 12.8 Å². The number of carbonyl (C=O) groups excluding carboxylic acids is 2. The molecule has 1 aromatic heterocycles. The van der Waals surface area contributed by atoms with E-state index in [9.17, 15) is 9.59 Å². The van der Waals surface area contributed by atoms with Crippen molar-refractivity contribution in [3.05, 3.63) is 65.2 Å². The van der Waals surface area contributed by atoms with E-state index in [4.69, 9.17) is 5.73 Å². The van der Waals surface area contributed by atoms with Crippen LogP contribution in [-0.4, -0.2) is 22.8 Å². The molecule has 0 saturated carbocycles. The number of hydrogen-bond donors (Lipinski definition) is 2. The Morgan fingerprint density at radius 1 is 1.08 bits per heavy atom. The van der Waals surface area contributed by atoms with Crippen LogP contribution >= 0.6 is 11.3 Å². The first-order valence-electron chi connectivity index (χ1n) is 8.09. The highest BCUT2D eigenvalue weighted by atomic mass is 32.1. The Balaban J connectivity index is 1.57. The van der Waals surface area contributed by atoms with E-state index in [2.05, 4.69) is 10.3 Å². The summed E-state index contributed by atoms with van der Waals surface area (Å²) in [5, 5.41) is 3.64. The predicted octanol–water partition coefficient (Wildman–Crippen LogP) is 2.44. The van der Waals surface area contributed by atoms with Gasteiger partial charge in [0.1, 0.15) is 6.04 Å². The van der Waals surface area contributed by atoms with Crippen molar-refractivity contribution >= 4 is 33.4 Å². The largest absolute Gasteiger partial charge is 0.368 e. The molecule has 0 bridgehead atoms. The zero-order valence-electron chi connectivity index (χ0n) is 13.6. The minimum atomic E-state index is -0.703. The fraction of sp³-hybridized carbons (Fsp3) is 0.211. The van der Waals surface area contributed by atoms with Crippen LogP contribution in [0.2, 0.25) is 0 Å². The number of aromatic nitrogens is 1. The predicted molar refractivity (Wildman–Crippen MR) is 99.2 cm³/mol. The van der Waals surface area contributed by atoms with Crippen molar-refractivity contribution in [3.8, 4) is 0 Å². The molecule has 128 valence electrons. The number of rotatable bonds is 7. The highest BCUT2D eigenvalue weighted by Gasteiger charge is 2.18. The van der Waals surface area contributed by atoms with Gasteiger partial charge in [-0.3, -0.25) is 9.59 Å². The summed E-state index contributed by atoms with van der Waals surface area (Å²) in [6.45, 7) is 0. The minimum Gasteiger partial charge on any atom is -0.368 e. The molecule has 0 unspecified atom stereocenters. The molecule has 6 heteroatoms. The third-order valence-corrected chi connectivity index (χ3v) is 4.96. The van der Waals surface area contributed by atoms with Gasteiger partial charge in [0, 0.05) is 19.3 Å². The monoisotopic (exact) mass is 353 g/mol. The molecule has 25 heavy (non-hydrogen) atoms. The summed E-state index contributed by atoms with van der Waals surface area (Å²) in [5.41, 5.74) is 7.33. The number of aryl methyl sites for hydroxylation is 1. The van der Waals surface area contributed by atoms with Crippen molar-refractivity contribution in [1.29, 1.82) is 0 Å². The van der Waals surface area contributed by atoms with Crippen molar-refractivity contribution in [2.24, 2.45) is 5.73 Å². The number of amides is 2. The molecule has 1 heterocycles. The van der Waals surface area contributed by atoms with Gasteiger partial charge >= 0.3 is 0 Å². The van der Waals surface area contributed by atoms with Crippen molar-refractivity contribution in [1.82, 2.24) is 10.3 Å². The SMILES string of the molecule is NC(=O)[C@@H](Cc1ccccc1)NC(=O)CCc1nc2ccccc2s1. The average Bonchev–Trinajstić information content (AvgIpc) is 3.03. The molecule has 5 nitrogen and oxygen atoms in total. The lowest BCUT2D eigenvalue weighted by molar-refractivity contribution is -0.127. The molecule has 0 radical (unpaired) electrons. The maximum absolute atomic E-state index is 12.2. The van der Waals surface area contributed by atoms with E-state index < -0.39 is 11.9 Å². The van der Waals surface area contributed by atoms with Gasteiger partial charge in [0.15, 0.2) is 0 Å². The van der Waals surface area contributed by atoms with Crippen LogP contribution < -0.4 is 11.1 Å². The smallest absolute Gasteiger partial charge is 0.240 e. The van der Waals surface area contributed by atoms with E-state index in [1.807, 2.05) is 54.6 Å². The van der Waals surface area contributed by atoms with Crippen LogP contribution in [-0.2, 0) is 22.4 Å². The van der Waals surface area contributed by atoms with Gasteiger partial charge in [-0.05, 0) is 17.7 Å². The van der Waals surface area contributed by atoms with Crippen molar-refractivity contribution in [2.75, 3.05) is 0 Å². The number of nitrogens with one attached hydrogen (secondary N) is 1. The number of para-hydroxylation sites is 1. The lowest BCUT2D eigenvalue weighted by Gasteiger charge is -2.15. The maximum atomic E-state index is 12.2. The van der Waals surface area contributed by atoms with Crippen LogP contribution in [0.25, 0.3) is 10.2 Å². The Morgan fingerprint density at radius 2 is 1.80 bits per heavy atom. The zero-order valence-corrected chi connectivity index (χ0v) is 14.5. The molecule has 0 aliphatic heterocycles. The Kier molecular flexibility index (Phi) is 5.40. The number of nitrogens with two attached hydrogens (primary N) is 1. The Bertz CT molecular complexity index is 844. The second kappa shape index (κ2) is 7.90. The van der Waals surface area contributed by atoms with Crippen LogP contribution in [0.3, 0.4) is 0 Å². The van der Waals surface area contributed by atoms with Gasteiger partial charge in [0.25, 0.3) is 0 Å². The molecule has 3 N–H and O–H groups in total. The number of nitrogens with zero attached hydrogens (tertiary/aromatic N) is 1. The van der Waals surface area contributed by atoms with Gasteiger partial charge in [-0.1, -0.05) is 42.5 Å². The Hall–Kier alpha value is -2.73. The summed E-state index contributed by atoms with van der Waals surface area (Å²) in [6.07, 6.45) is 1.21. The molecule has 0 spiro atoms. The minimum absolute atomic E-state index is 0.195. The van der Waals surface area contributed by atoms with Gasteiger partial charge in [-0.25, -0.2) is 4.98 Å². The number of carbonyl (C=O) groups is 2. The van der Waals surface area contributed by atoms with E-state index in [1.54, 1.807) is 11.3 Å². The van der Waals surface area contributed by atoms with Crippen LogP contribution in [0.15, 0.2) is 54.6 Å². The van der Waals surface area contributed by atoms with Gasteiger partial charge in [-0.15, -0.1) is 11.3 Å². The quantitative estimate of drug-likeness (QED) is 0.684. The normalized spacial score (nSPS) is 12.0. The van der Waals surface area contributed by atoms with Crippen LogP contribution in [0.5, 0.6) is 0 Å². The van der Waals surface area contributed by atoms with Gasteiger partial charge in [-0.2, -0.15) is 0 Å². The van der Waals surface area contributed by atoms with E-state index in [1.165, 1.54) is 0 Å². The third kappa shape index (κ3) is 4.64. The molecule has 0 aliphatic rings. The molecule has 0 saturated heterocycles. The molecule has 3 aromatic rings. The number of fused-ring (bicyclic) bond motifs is 1. The first-order chi connectivity index (χ1) is 12.1. The molecule has 1 atom stereocenters. The summed E-state index contributed by atoms with van der Waals surface area (Å²) in [6, 6.07) is 16.7. The molecule has 0 aliphatic carbocycles. The molecular weight excluding hydrogens is 334 g/mol. The summed E-state index contributed by atoms with van der Waals surface area (Å²) in [4.78, 5) is 28.3. The molecule has 2 amide bonds. The summed E-state index contributed by atoms with van der Waals surface area (Å²) in [7, 11) is 0. The van der Waals surface area contributed by atoms with Crippen LogP contribution in [0, 0.1) is 0 Å². The average molecular weight is 353 g/mol. The first kappa shape index (κ1) is 17.1. The summed E-state index contributed by atoms with van der Waals surface area (Å²) < 4.78 is 1.11. The second-order valence-corrected chi connectivity index (χ2v) is 6.90. The number of thiazole rings is 1. The van der Waals surface area contributed by atoms with Gasteiger partial charge < -0.3 is 11.1 Å². The number of hydrogen-bond acceptors (Lipinski definition) is 4. The standard InChI is InChI=1S/C19H19N3O2S/c20-19(24)15(12-13-6-2-1-3-7-13)21-17(23)10-11-18-22-14-8-4-5-9-16(14)25-18/h1-9,15H,10-12H2,(H2,20,24)(H,21,23)/t15-/m1/s1. The van der Waals surface area contributed by atoms with Crippen molar-refractivity contribution in [2.45, 2.75) is 25.3 Å². The summed E-state index contributed by atoms with van der Waals surface area (Å²) in [5.74, 6) is -0.726. The van der Waals surface area contributed by atoms with E-state index >= 15 is 0 Å².